The van der Waals surface area contributed by atoms with E-state index in [0.29, 0.717) is 18.8 Å². The average molecular weight is 270 g/mol. The fraction of sp³-hybridized carbons (Fsp3) is 0.375. The second kappa shape index (κ2) is 5.49. The number of aryl methyl sites for hydroxylation is 1. The van der Waals surface area contributed by atoms with Crippen molar-refractivity contribution in [2.24, 2.45) is 5.92 Å². The SMILES string of the molecule is C[C@@H]1C[C@H]1c1ccc(CCC(=O)Nc2ccncc2)o1. The number of amides is 1. The monoisotopic (exact) mass is 270 g/mol. The summed E-state index contributed by atoms with van der Waals surface area (Å²) in [5, 5.41) is 2.84. The molecule has 2 heterocycles. The molecule has 1 amide bonds. The van der Waals surface area contributed by atoms with Crippen molar-refractivity contribution in [3.63, 3.8) is 0 Å². The lowest BCUT2D eigenvalue weighted by Gasteiger charge is -2.03. The highest BCUT2D eigenvalue weighted by atomic mass is 16.3. The van der Waals surface area contributed by atoms with Gasteiger partial charge in [0.1, 0.15) is 11.5 Å². The van der Waals surface area contributed by atoms with Crippen LogP contribution in [-0.2, 0) is 11.2 Å². The van der Waals surface area contributed by atoms with E-state index in [1.165, 1.54) is 6.42 Å². The van der Waals surface area contributed by atoms with Crippen LogP contribution in [0.25, 0.3) is 0 Å². The molecule has 4 heteroatoms. The van der Waals surface area contributed by atoms with E-state index in [0.717, 1.165) is 23.1 Å². The Balaban J connectivity index is 1.49. The lowest BCUT2D eigenvalue weighted by atomic mass is 10.2. The molecule has 0 spiro atoms. The Kier molecular flexibility index (Phi) is 3.54. The van der Waals surface area contributed by atoms with E-state index in [9.17, 15) is 4.79 Å². The van der Waals surface area contributed by atoms with Crippen molar-refractivity contribution in [1.82, 2.24) is 4.98 Å². The van der Waals surface area contributed by atoms with Gasteiger partial charge in [0.25, 0.3) is 0 Å². The van der Waals surface area contributed by atoms with Gasteiger partial charge in [0.2, 0.25) is 5.91 Å². The first-order valence-electron chi connectivity index (χ1n) is 7.01. The lowest BCUT2D eigenvalue weighted by Crippen LogP contribution is -2.12. The fourth-order valence-electron chi connectivity index (χ4n) is 2.34. The van der Waals surface area contributed by atoms with Crippen LogP contribution < -0.4 is 5.32 Å². The number of hydrogen-bond donors (Lipinski definition) is 1. The second-order valence-electron chi connectivity index (χ2n) is 5.41. The quantitative estimate of drug-likeness (QED) is 0.906. The molecular formula is C16H18N2O2. The van der Waals surface area contributed by atoms with Crippen LogP contribution in [-0.4, -0.2) is 10.9 Å². The van der Waals surface area contributed by atoms with Gasteiger partial charge in [0, 0.05) is 36.8 Å². The van der Waals surface area contributed by atoms with E-state index in [4.69, 9.17) is 4.42 Å². The van der Waals surface area contributed by atoms with Gasteiger partial charge in [-0.1, -0.05) is 6.92 Å². The molecule has 104 valence electrons. The van der Waals surface area contributed by atoms with Crippen LogP contribution in [0.3, 0.4) is 0 Å². The van der Waals surface area contributed by atoms with Crippen molar-refractivity contribution in [2.45, 2.75) is 32.1 Å². The van der Waals surface area contributed by atoms with Gasteiger partial charge in [-0.2, -0.15) is 0 Å². The Morgan fingerprint density at radius 3 is 2.80 bits per heavy atom. The first-order valence-corrected chi connectivity index (χ1v) is 7.01. The van der Waals surface area contributed by atoms with Crippen LogP contribution in [0.2, 0.25) is 0 Å². The van der Waals surface area contributed by atoms with Crippen molar-refractivity contribution in [1.29, 1.82) is 0 Å². The van der Waals surface area contributed by atoms with Crippen molar-refractivity contribution >= 4 is 11.6 Å². The number of hydrogen-bond acceptors (Lipinski definition) is 3. The maximum Gasteiger partial charge on any atom is 0.224 e. The van der Waals surface area contributed by atoms with E-state index < -0.39 is 0 Å². The Hall–Kier alpha value is -2.10. The van der Waals surface area contributed by atoms with Gasteiger partial charge in [-0.25, -0.2) is 0 Å². The summed E-state index contributed by atoms with van der Waals surface area (Å²) in [5.41, 5.74) is 0.775. The van der Waals surface area contributed by atoms with E-state index >= 15 is 0 Å². The molecule has 2 atom stereocenters. The summed E-state index contributed by atoms with van der Waals surface area (Å²) >= 11 is 0. The minimum absolute atomic E-state index is 0.00561. The number of nitrogens with zero attached hydrogens (tertiary/aromatic N) is 1. The smallest absolute Gasteiger partial charge is 0.224 e. The van der Waals surface area contributed by atoms with Crippen molar-refractivity contribution < 1.29 is 9.21 Å². The molecule has 0 radical (unpaired) electrons. The van der Waals surface area contributed by atoms with Crippen molar-refractivity contribution in [3.05, 3.63) is 48.2 Å². The number of pyridine rings is 1. The third kappa shape index (κ3) is 3.07. The first-order chi connectivity index (χ1) is 9.72. The summed E-state index contributed by atoms with van der Waals surface area (Å²) < 4.78 is 5.79. The molecule has 0 saturated heterocycles. The van der Waals surface area contributed by atoms with Gasteiger partial charge >= 0.3 is 0 Å². The number of carbonyl (C=O) groups is 1. The van der Waals surface area contributed by atoms with Crippen LogP contribution in [0.15, 0.2) is 41.1 Å². The molecule has 1 aliphatic rings. The molecule has 0 unspecified atom stereocenters. The Labute approximate surface area is 118 Å². The predicted molar refractivity (Wildman–Crippen MR) is 76.4 cm³/mol. The zero-order chi connectivity index (χ0) is 13.9. The van der Waals surface area contributed by atoms with Gasteiger partial charge in [-0.05, 0) is 36.6 Å². The molecule has 1 N–H and O–H groups in total. The summed E-state index contributed by atoms with van der Waals surface area (Å²) in [6.45, 7) is 2.23. The molecule has 0 aromatic carbocycles. The number of rotatable bonds is 5. The van der Waals surface area contributed by atoms with E-state index in [1.807, 2.05) is 12.1 Å². The lowest BCUT2D eigenvalue weighted by molar-refractivity contribution is -0.116. The topological polar surface area (TPSA) is 55.1 Å². The third-order valence-corrected chi connectivity index (χ3v) is 3.72. The minimum atomic E-state index is -0.00561. The second-order valence-corrected chi connectivity index (χ2v) is 5.41. The molecule has 2 aromatic rings. The summed E-state index contributed by atoms with van der Waals surface area (Å²) in [6, 6.07) is 7.58. The Morgan fingerprint density at radius 1 is 1.35 bits per heavy atom. The Bertz CT molecular complexity index is 592. The maximum atomic E-state index is 11.8. The van der Waals surface area contributed by atoms with E-state index in [-0.39, 0.29) is 5.91 Å². The van der Waals surface area contributed by atoms with E-state index in [1.54, 1.807) is 24.5 Å². The molecule has 4 nitrogen and oxygen atoms in total. The van der Waals surface area contributed by atoms with Crippen LogP contribution in [0, 0.1) is 5.92 Å². The minimum Gasteiger partial charge on any atom is -0.466 e. The van der Waals surface area contributed by atoms with Crippen molar-refractivity contribution in [2.75, 3.05) is 5.32 Å². The van der Waals surface area contributed by atoms with Gasteiger partial charge in [0.05, 0.1) is 0 Å². The number of anilines is 1. The normalized spacial score (nSPS) is 20.6. The highest BCUT2D eigenvalue weighted by Gasteiger charge is 2.36. The highest BCUT2D eigenvalue weighted by molar-refractivity contribution is 5.90. The molecule has 0 bridgehead atoms. The van der Waals surface area contributed by atoms with Crippen LogP contribution in [0.5, 0.6) is 0 Å². The summed E-state index contributed by atoms with van der Waals surface area (Å²) in [5.74, 6) is 3.29. The standard InChI is InChI=1S/C16H18N2O2/c1-11-10-14(11)15-4-2-13(20-15)3-5-16(19)18-12-6-8-17-9-7-12/h2,4,6-9,11,14H,3,5,10H2,1H3,(H,17,18,19)/t11-,14-/m1/s1. The van der Waals surface area contributed by atoms with Crippen LogP contribution >= 0.6 is 0 Å². The molecule has 2 aromatic heterocycles. The molecule has 20 heavy (non-hydrogen) atoms. The number of furan rings is 1. The van der Waals surface area contributed by atoms with Crippen LogP contribution in [0.4, 0.5) is 5.69 Å². The molecule has 1 fully saturated rings. The van der Waals surface area contributed by atoms with Crippen molar-refractivity contribution in [3.8, 4) is 0 Å². The number of nitrogens with one attached hydrogen (secondary N) is 1. The zero-order valence-electron chi connectivity index (χ0n) is 11.5. The molecule has 3 rings (SSSR count). The maximum absolute atomic E-state index is 11.8. The van der Waals surface area contributed by atoms with Gasteiger partial charge < -0.3 is 9.73 Å². The number of aromatic nitrogens is 1. The largest absolute Gasteiger partial charge is 0.466 e. The molecule has 0 aliphatic heterocycles. The van der Waals surface area contributed by atoms with Gasteiger partial charge in [-0.15, -0.1) is 0 Å². The van der Waals surface area contributed by atoms with E-state index in [2.05, 4.69) is 17.2 Å². The third-order valence-electron chi connectivity index (χ3n) is 3.72. The Morgan fingerprint density at radius 2 is 2.10 bits per heavy atom. The molecule has 1 aliphatic carbocycles. The first kappa shape index (κ1) is 12.9. The summed E-state index contributed by atoms with van der Waals surface area (Å²) in [4.78, 5) is 15.7. The summed E-state index contributed by atoms with van der Waals surface area (Å²) in [6.07, 6.45) is 5.60. The molecule has 1 saturated carbocycles. The summed E-state index contributed by atoms with van der Waals surface area (Å²) in [7, 11) is 0. The zero-order valence-corrected chi connectivity index (χ0v) is 11.5. The van der Waals surface area contributed by atoms with Gasteiger partial charge in [0.15, 0.2) is 0 Å². The fourth-order valence-corrected chi connectivity index (χ4v) is 2.34. The van der Waals surface area contributed by atoms with Gasteiger partial charge in [-0.3, -0.25) is 9.78 Å². The van der Waals surface area contributed by atoms with Crippen LogP contribution in [0.1, 0.15) is 37.2 Å². The predicted octanol–water partition coefficient (Wildman–Crippen LogP) is 3.37. The average Bonchev–Trinajstić information content (AvgIpc) is 3.01. The highest BCUT2D eigenvalue weighted by Crippen LogP contribution is 2.47. The number of carbonyl (C=O) groups excluding carboxylic acids is 1. The molecular weight excluding hydrogens is 252 g/mol.